The Hall–Kier alpha value is -0.770. The number of hydrogen-bond donors (Lipinski definition) is 3. The summed E-state index contributed by atoms with van der Waals surface area (Å²) in [5.41, 5.74) is 5.57. The second kappa shape index (κ2) is 8.34. The van der Waals surface area contributed by atoms with Crippen LogP contribution in [0.15, 0.2) is 0 Å². The minimum absolute atomic E-state index is 0.00461. The maximum Gasteiger partial charge on any atom is 0.315 e. The van der Waals surface area contributed by atoms with Crippen molar-refractivity contribution in [3.05, 3.63) is 0 Å². The first-order chi connectivity index (χ1) is 8.26. The molecule has 1 fully saturated rings. The molecule has 4 heteroatoms. The quantitative estimate of drug-likeness (QED) is 0.638. The third-order valence-corrected chi connectivity index (χ3v) is 3.51. The van der Waals surface area contributed by atoms with Gasteiger partial charge in [-0.3, -0.25) is 0 Å². The molecule has 0 radical (unpaired) electrons. The van der Waals surface area contributed by atoms with E-state index in [0.29, 0.717) is 18.5 Å². The molecule has 0 aromatic rings. The summed E-state index contributed by atoms with van der Waals surface area (Å²) >= 11 is 0. The van der Waals surface area contributed by atoms with Crippen LogP contribution in [0.5, 0.6) is 0 Å². The highest BCUT2D eigenvalue weighted by atomic mass is 16.2. The van der Waals surface area contributed by atoms with Crippen molar-refractivity contribution < 1.29 is 4.79 Å². The van der Waals surface area contributed by atoms with Crippen LogP contribution in [0.3, 0.4) is 0 Å². The zero-order valence-electron chi connectivity index (χ0n) is 11.0. The van der Waals surface area contributed by atoms with E-state index in [9.17, 15) is 4.79 Å². The van der Waals surface area contributed by atoms with E-state index in [1.165, 1.54) is 12.8 Å². The van der Waals surface area contributed by atoms with Crippen LogP contribution in [-0.4, -0.2) is 25.2 Å². The lowest BCUT2D eigenvalue weighted by atomic mass is 10.00. The Morgan fingerprint density at radius 1 is 1.35 bits per heavy atom. The molecule has 2 amide bonds. The van der Waals surface area contributed by atoms with E-state index < -0.39 is 0 Å². The van der Waals surface area contributed by atoms with E-state index in [1.807, 2.05) is 0 Å². The second-order valence-electron chi connectivity index (χ2n) is 5.07. The number of urea groups is 1. The topological polar surface area (TPSA) is 67.1 Å². The van der Waals surface area contributed by atoms with E-state index in [4.69, 9.17) is 5.73 Å². The molecule has 0 aliphatic heterocycles. The normalized spacial score (nSPS) is 18.0. The molecule has 1 aliphatic carbocycles. The molecule has 0 heterocycles. The summed E-state index contributed by atoms with van der Waals surface area (Å²) < 4.78 is 0. The SMILES string of the molecule is CCCC(CCN)CNC(=O)NC1CCCC1. The molecular weight excluding hydrogens is 214 g/mol. The van der Waals surface area contributed by atoms with Gasteiger partial charge in [0.15, 0.2) is 0 Å². The predicted octanol–water partition coefficient (Wildman–Crippen LogP) is 1.99. The van der Waals surface area contributed by atoms with Crippen molar-refractivity contribution in [2.45, 2.75) is 57.9 Å². The Morgan fingerprint density at radius 3 is 2.65 bits per heavy atom. The molecule has 1 rings (SSSR count). The lowest BCUT2D eigenvalue weighted by molar-refractivity contribution is 0.234. The molecular formula is C13H27N3O. The summed E-state index contributed by atoms with van der Waals surface area (Å²) in [6, 6.07) is 0.393. The molecule has 1 saturated carbocycles. The molecule has 1 atom stereocenters. The van der Waals surface area contributed by atoms with Crippen molar-refractivity contribution in [3.63, 3.8) is 0 Å². The summed E-state index contributed by atoms with van der Waals surface area (Å²) in [6.45, 7) is 3.63. The molecule has 17 heavy (non-hydrogen) atoms. The number of carbonyl (C=O) groups excluding carboxylic acids is 1. The van der Waals surface area contributed by atoms with Crippen molar-refractivity contribution in [1.82, 2.24) is 10.6 Å². The number of hydrogen-bond acceptors (Lipinski definition) is 2. The fourth-order valence-electron chi connectivity index (χ4n) is 2.54. The molecule has 1 unspecified atom stereocenters. The van der Waals surface area contributed by atoms with Gasteiger partial charge in [-0.2, -0.15) is 0 Å². The van der Waals surface area contributed by atoms with E-state index in [0.717, 1.165) is 38.6 Å². The highest BCUT2D eigenvalue weighted by molar-refractivity contribution is 5.74. The number of nitrogens with one attached hydrogen (secondary N) is 2. The van der Waals surface area contributed by atoms with Gasteiger partial charge in [-0.25, -0.2) is 4.79 Å². The van der Waals surface area contributed by atoms with Gasteiger partial charge in [-0.05, 0) is 38.1 Å². The third-order valence-electron chi connectivity index (χ3n) is 3.51. The van der Waals surface area contributed by atoms with Gasteiger partial charge in [0.05, 0.1) is 0 Å². The van der Waals surface area contributed by atoms with Gasteiger partial charge in [0.2, 0.25) is 0 Å². The maximum atomic E-state index is 11.7. The van der Waals surface area contributed by atoms with Crippen LogP contribution in [-0.2, 0) is 0 Å². The number of rotatable bonds is 7. The van der Waals surface area contributed by atoms with Crippen molar-refractivity contribution >= 4 is 6.03 Å². The Kier molecular flexibility index (Phi) is 7.01. The minimum Gasteiger partial charge on any atom is -0.338 e. The monoisotopic (exact) mass is 241 g/mol. The van der Waals surface area contributed by atoms with Gasteiger partial charge in [0.1, 0.15) is 0 Å². The van der Waals surface area contributed by atoms with E-state index in [-0.39, 0.29) is 6.03 Å². The van der Waals surface area contributed by atoms with Crippen molar-refractivity contribution in [1.29, 1.82) is 0 Å². The van der Waals surface area contributed by atoms with Gasteiger partial charge in [0, 0.05) is 12.6 Å². The van der Waals surface area contributed by atoms with E-state index >= 15 is 0 Å². The molecule has 0 bridgehead atoms. The average molecular weight is 241 g/mol. The number of carbonyl (C=O) groups is 1. The summed E-state index contributed by atoms with van der Waals surface area (Å²) in [5.74, 6) is 0.527. The van der Waals surface area contributed by atoms with E-state index in [1.54, 1.807) is 0 Å². The molecule has 0 saturated heterocycles. The summed E-state index contributed by atoms with van der Waals surface area (Å²) in [4.78, 5) is 11.7. The van der Waals surface area contributed by atoms with Crippen LogP contribution in [0.4, 0.5) is 4.79 Å². The Labute approximate surface area is 105 Å². The van der Waals surface area contributed by atoms with Crippen LogP contribution in [0.2, 0.25) is 0 Å². The highest BCUT2D eigenvalue weighted by Gasteiger charge is 2.17. The van der Waals surface area contributed by atoms with Gasteiger partial charge in [0.25, 0.3) is 0 Å². The van der Waals surface area contributed by atoms with Crippen LogP contribution in [0.25, 0.3) is 0 Å². The van der Waals surface area contributed by atoms with Gasteiger partial charge in [-0.15, -0.1) is 0 Å². The summed E-state index contributed by atoms with van der Waals surface area (Å²) in [6.07, 6.45) is 8.05. The molecule has 4 nitrogen and oxygen atoms in total. The molecule has 0 aromatic carbocycles. The first-order valence-corrected chi connectivity index (χ1v) is 7.00. The molecule has 1 aliphatic rings. The first-order valence-electron chi connectivity index (χ1n) is 7.00. The van der Waals surface area contributed by atoms with Gasteiger partial charge in [-0.1, -0.05) is 26.2 Å². The van der Waals surface area contributed by atoms with E-state index in [2.05, 4.69) is 17.6 Å². The maximum absolute atomic E-state index is 11.7. The zero-order valence-corrected chi connectivity index (χ0v) is 11.0. The lowest BCUT2D eigenvalue weighted by Gasteiger charge is -2.18. The minimum atomic E-state index is -0.00461. The lowest BCUT2D eigenvalue weighted by Crippen LogP contribution is -2.42. The fraction of sp³-hybridized carbons (Fsp3) is 0.923. The average Bonchev–Trinajstić information content (AvgIpc) is 2.79. The molecule has 0 aromatic heterocycles. The van der Waals surface area contributed by atoms with Gasteiger partial charge < -0.3 is 16.4 Å². The van der Waals surface area contributed by atoms with Crippen molar-refractivity contribution in [3.8, 4) is 0 Å². The molecule has 4 N–H and O–H groups in total. The summed E-state index contributed by atoms with van der Waals surface area (Å²) in [7, 11) is 0. The third kappa shape index (κ3) is 5.91. The first kappa shape index (κ1) is 14.3. The number of nitrogens with two attached hydrogens (primary N) is 1. The Bertz CT molecular complexity index is 209. The van der Waals surface area contributed by atoms with Crippen LogP contribution >= 0.6 is 0 Å². The van der Waals surface area contributed by atoms with Crippen LogP contribution in [0.1, 0.15) is 51.9 Å². The predicted molar refractivity (Wildman–Crippen MR) is 70.9 cm³/mol. The Balaban J connectivity index is 2.15. The van der Waals surface area contributed by atoms with Gasteiger partial charge >= 0.3 is 6.03 Å². The summed E-state index contributed by atoms with van der Waals surface area (Å²) in [5, 5.41) is 6.01. The van der Waals surface area contributed by atoms with Crippen molar-refractivity contribution in [2.75, 3.05) is 13.1 Å². The molecule has 0 spiro atoms. The second-order valence-corrected chi connectivity index (χ2v) is 5.07. The standard InChI is InChI=1S/C13H27N3O/c1-2-5-11(8-9-14)10-15-13(17)16-12-6-3-4-7-12/h11-12H,2-10,14H2,1H3,(H2,15,16,17). The number of amides is 2. The van der Waals surface area contributed by atoms with Crippen molar-refractivity contribution in [2.24, 2.45) is 11.7 Å². The molecule has 100 valence electrons. The van der Waals surface area contributed by atoms with Crippen LogP contribution in [0, 0.1) is 5.92 Å². The smallest absolute Gasteiger partial charge is 0.315 e. The largest absolute Gasteiger partial charge is 0.338 e. The zero-order chi connectivity index (χ0) is 12.5. The highest BCUT2D eigenvalue weighted by Crippen LogP contribution is 2.17. The van der Waals surface area contributed by atoms with Crippen LogP contribution < -0.4 is 16.4 Å². The fourth-order valence-corrected chi connectivity index (χ4v) is 2.54. The Morgan fingerprint density at radius 2 is 2.06 bits per heavy atom.